The van der Waals surface area contributed by atoms with Crippen molar-refractivity contribution in [2.45, 2.75) is 51.0 Å². The molecule has 0 aromatic heterocycles. The Hall–Kier alpha value is -1.26. The van der Waals surface area contributed by atoms with E-state index in [1.165, 1.54) is 32.1 Å². The Morgan fingerprint density at radius 3 is 2.48 bits per heavy atom. The molecule has 1 fully saturated rings. The Morgan fingerprint density at radius 1 is 1.26 bits per heavy atom. The number of halogens is 1. The molecule has 0 saturated heterocycles. The summed E-state index contributed by atoms with van der Waals surface area (Å²) < 4.78 is 5.14. The second-order valence-corrected chi connectivity index (χ2v) is 6.16. The topological polar surface area (TPSA) is 64.3 Å². The Labute approximate surface area is 145 Å². The van der Waals surface area contributed by atoms with Gasteiger partial charge in [-0.05, 0) is 42.9 Å². The Morgan fingerprint density at radius 2 is 1.91 bits per heavy atom. The van der Waals surface area contributed by atoms with Crippen LogP contribution in [0.4, 0.5) is 0 Å². The van der Waals surface area contributed by atoms with Gasteiger partial charge in [-0.15, -0.1) is 12.4 Å². The fraction of sp³-hybridized carbons (Fsp3) is 0.611. The van der Waals surface area contributed by atoms with E-state index in [1.807, 2.05) is 24.3 Å². The minimum Gasteiger partial charge on any atom is -0.497 e. The predicted octanol–water partition coefficient (Wildman–Crippen LogP) is 3.07. The van der Waals surface area contributed by atoms with Gasteiger partial charge in [0.25, 0.3) is 0 Å². The zero-order valence-electron chi connectivity index (χ0n) is 13.9. The van der Waals surface area contributed by atoms with Crippen LogP contribution in [0.25, 0.3) is 0 Å². The van der Waals surface area contributed by atoms with Crippen LogP contribution in [0.3, 0.4) is 0 Å². The SMILES string of the molecule is COc1ccc(CCC(=O)NC(CN)C2CCCCC2)cc1.Cl. The third kappa shape index (κ3) is 6.40. The number of nitrogens with one attached hydrogen (secondary N) is 1. The van der Waals surface area contributed by atoms with Gasteiger partial charge >= 0.3 is 0 Å². The Balaban J connectivity index is 0.00000264. The number of hydrogen-bond acceptors (Lipinski definition) is 3. The number of nitrogens with two attached hydrogens (primary N) is 1. The summed E-state index contributed by atoms with van der Waals surface area (Å²) in [5.41, 5.74) is 7.01. The zero-order chi connectivity index (χ0) is 15.8. The van der Waals surface area contributed by atoms with Crippen LogP contribution in [0, 0.1) is 5.92 Å². The number of carbonyl (C=O) groups excluding carboxylic acids is 1. The van der Waals surface area contributed by atoms with Crippen LogP contribution in [-0.2, 0) is 11.2 Å². The van der Waals surface area contributed by atoms with E-state index in [4.69, 9.17) is 10.5 Å². The first kappa shape index (κ1) is 19.8. The van der Waals surface area contributed by atoms with Crippen LogP contribution in [0.5, 0.6) is 5.75 Å². The van der Waals surface area contributed by atoms with Gasteiger partial charge in [0.2, 0.25) is 5.91 Å². The smallest absolute Gasteiger partial charge is 0.220 e. The second-order valence-electron chi connectivity index (χ2n) is 6.16. The molecule has 1 unspecified atom stereocenters. The van der Waals surface area contributed by atoms with Gasteiger partial charge in [0.15, 0.2) is 0 Å². The van der Waals surface area contributed by atoms with E-state index in [2.05, 4.69) is 5.32 Å². The molecule has 0 aliphatic heterocycles. The molecule has 0 spiro atoms. The maximum absolute atomic E-state index is 12.2. The van der Waals surface area contributed by atoms with Crippen molar-refractivity contribution in [3.8, 4) is 5.75 Å². The van der Waals surface area contributed by atoms with Crippen molar-refractivity contribution in [3.05, 3.63) is 29.8 Å². The lowest BCUT2D eigenvalue weighted by Gasteiger charge is -2.30. The molecule has 4 nitrogen and oxygen atoms in total. The molecule has 1 aromatic carbocycles. The highest BCUT2D eigenvalue weighted by molar-refractivity contribution is 5.85. The summed E-state index contributed by atoms with van der Waals surface area (Å²) >= 11 is 0. The minimum absolute atomic E-state index is 0. The van der Waals surface area contributed by atoms with Crippen molar-refractivity contribution >= 4 is 18.3 Å². The average molecular weight is 341 g/mol. The first-order valence-electron chi connectivity index (χ1n) is 8.35. The normalized spacial score (nSPS) is 16.3. The van der Waals surface area contributed by atoms with Crippen molar-refractivity contribution in [3.63, 3.8) is 0 Å². The molecule has 130 valence electrons. The number of benzene rings is 1. The molecule has 2 rings (SSSR count). The van der Waals surface area contributed by atoms with E-state index >= 15 is 0 Å². The third-order valence-corrected chi connectivity index (χ3v) is 4.62. The number of ether oxygens (including phenoxy) is 1. The summed E-state index contributed by atoms with van der Waals surface area (Å²) in [5.74, 6) is 1.51. The molecule has 1 aliphatic rings. The largest absolute Gasteiger partial charge is 0.497 e. The van der Waals surface area contributed by atoms with E-state index in [0.29, 0.717) is 18.9 Å². The summed E-state index contributed by atoms with van der Waals surface area (Å²) in [4.78, 5) is 12.2. The summed E-state index contributed by atoms with van der Waals surface area (Å²) in [6.07, 6.45) is 7.50. The van der Waals surface area contributed by atoms with Gasteiger partial charge in [-0.25, -0.2) is 0 Å². The van der Waals surface area contributed by atoms with Crippen molar-refractivity contribution in [2.24, 2.45) is 11.7 Å². The predicted molar refractivity (Wildman–Crippen MR) is 96.1 cm³/mol. The van der Waals surface area contributed by atoms with Crippen molar-refractivity contribution in [1.29, 1.82) is 0 Å². The molecule has 23 heavy (non-hydrogen) atoms. The number of aryl methyl sites for hydroxylation is 1. The van der Waals surface area contributed by atoms with Crippen molar-refractivity contribution in [1.82, 2.24) is 5.32 Å². The van der Waals surface area contributed by atoms with Gasteiger partial charge in [0.05, 0.1) is 7.11 Å². The Kier molecular flexibility index (Phi) is 9.03. The van der Waals surface area contributed by atoms with Crippen LogP contribution in [0.1, 0.15) is 44.1 Å². The number of amides is 1. The van der Waals surface area contributed by atoms with E-state index in [0.717, 1.165) is 17.7 Å². The lowest BCUT2D eigenvalue weighted by molar-refractivity contribution is -0.122. The quantitative estimate of drug-likeness (QED) is 0.801. The van der Waals surface area contributed by atoms with Gasteiger partial charge in [-0.3, -0.25) is 4.79 Å². The lowest BCUT2D eigenvalue weighted by atomic mass is 9.84. The van der Waals surface area contributed by atoms with Crippen LogP contribution in [0.15, 0.2) is 24.3 Å². The zero-order valence-corrected chi connectivity index (χ0v) is 14.7. The van der Waals surface area contributed by atoms with Gasteiger partial charge in [0.1, 0.15) is 5.75 Å². The molecular formula is C18H29ClN2O2. The third-order valence-electron chi connectivity index (χ3n) is 4.62. The summed E-state index contributed by atoms with van der Waals surface area (Å²) in [6, 6.07) is 8.01. The maximum atomic E-state index is 12.2. The highest BCUT2D eigenvalue weighted by Gasteiger charge is 2.23. The van der Waals surface area contributed by atoms with Gasteiger partial charge in [-0.2, -0.15) is 0 Å². The van der Waals surface area contributed by atoms with Crippen LogP contribution in [0.2, 0.25) is 0 Å². The molecule has 1 saturated carbocycles. The number of methoxy groups -OCH3 is 1. The maximum Gasteiger partial charge on any atom is 0.220 e. The monoisotopic (exact) mass is 340 g/mol. The summed E-state index contributed by atoms with van der Waals surface area (Å²) in [7, 11) is 1.65. The second kappa shape index (κ2) is 10.5. The molecule has 1 atom stereocenters. The molecule has 5 heteroatoms. The van der Waals surface area contributed by atoms with Crippen LogP contribution in [-0.4, -0.2) is 25.6 Å². The molecule has 0 bridgehead atoms. The Bertz CT molecular complexity index is 459. The van der Waals surface area contributed by atoms with Crippen LogP contribution >= 0.6 is 12.4 Å². The van der Waals surface area contributed by atoms with E-state index < -0.39 is 0 Å². The fourth-order valence-electron chi connectivity index (χ4n) is 3.23. The first-order chi connectivity index (χ1) is 10.7. The van der Waals surface area contributed by atoms with Gasteiger partial charge < -0.3 is 15.8 Å². The number of carbonyl (C=O) groups is 1. The summed E-state index contributed by atoms with van der Waals surface area (Å²) in [5, 5.41) is 3.14. The fourth-order valence-corrected chi connectivity index (χ4v) is 3.23. The molecule has 1 aromatic rings. The van der Waals surface area contributed by atoms with E-state index in [9.17, 15) is 4.79 Å². The standard InChI is InChI=1S/C18H28N2O2.ClH/c1-22-16-10-7-14(8-11-16)9-12-18(21)20-17(13-19)15-5-3-2-4-6-15;/h7-8,10-11,15,17H,2-6,9,12-13,19H2,1H3,(H,20,21);1H. The minimum atomic E-state index is 0. The first-order valence-corrected chi connectivity index (χ1v) is 8.35. The molecule has 0 heterocycles. The van der Waals surface area contributed by atoms with Crippen LogP contribution < -0.4 is 15.8 Å². The molecule has 1 amide bonds. The number of hydrogen-bond donors (Lipinski definition) is 2. The van der Waals surface area contributed by atoms with E-state index in [-0.39, 0.29) is 24.4 Å². The van der Waals surface area contributed by atoms with Gasteiger partial charge in [0, 0.05) is 19.0 Å². The van der Waals surface area contributed by atoms with Gasteiger partial charge in [-0.1, -0.05) is 31.4 Å². The highest BCUT2D eigenvalue weighted by Crippen LogP contribution is 2.26. The lowest BCUT2D eigenvalue weighted by Crippen LogP contribution is -2.45. The molecule has 3 N–H and O–H groups in total. The summed E-state index contributed by atoms with van der Waals surface area (Å²) in [6.45, 7) is 0.541. The number of rotatable bonds is 7. The molecule has 1 aliphatic carbocycles. The van der Waals surface area contributed by atoms with Crippen molar-refractivity contribution in [2.75, 3.05) is 13.7 Å². The highest BCUT2D eigenvalue weighted by atomic mass is 35.5. The molecular weight excluding hydrogens is 312 g/mol. The van der Waals surface area contributed by atoms with E-state index in [1.54, 1.807) is 7.11 Å². The molecule has 0 radical (unpaired) electrons. The van der Waals surface area contributed by atoms with Crippen molar-refractivity contribution < 1.29 is 9.53 Å². The average Bonchev–Trinajstić information content (AvgIpc) is 2.59.